The van der Waals surface area contributed by atoms with Crippen LogP contribution in [0.5, 0.6) is 0 Å². The van der Waals surface area contributed by atoms with E-state index >= 15 is 0 Å². The molecule has 1 aromatic heterocycles. The first-order valence-electron chi connectivity index (χ1n) is 10.4. The molecule has 0 radical (unpaired) electrons. The van der Waals surface area contributed by atoms with Crippen LogP contribution in [0.2, 0.25) is 0 Å². The van der Waals surface area contributed by atoms with Crippen molar-refractivity contribution in [3.63, 3.8) is 0 Å². The van der Waals surface area contributed by atoms with Gasteiger partial charge in [0.1, 0.15) is 0 Å². The molecule has 0 aliphatic rings. The zero-order chi connectivity index (χ0) is 22.8. The summed E-state index contributed by atoms with van der Waals surface area (Å²) in [6.45, 7) is 11.1. The van der Waals surface area contributed by atoms with Crippen molar-refractivity contribution in [2.24, 2.45) is 0 Å². The van der Waals surface area contributed by atoms with Crippen molar-refractivity contribution in [3.8, 4) is 0 Å². The SMILES string of the molecule is CCN(CC)CCN(C(=O)c1ccccc1S(C)(=O)=O)c1nc2cc(C)cc(C)c2s1.Cl. The highest BCUT2D eigenvalue weighted by molar-refractivity contribution is 7.90. The van der Waals surface area contributed by atoms with Crippen molar-refractivity contribution in [2.45, 2.75) is 32.6 Å². The van der Waals surface area contributed by atoms with Crippen molar-refractivity contribution in [2.75, 3.05) is 37.3 Å². The number of hydrogen-bond donors (Lipinski definition) is 0. The molecule has 0 aliphatic heterocycles. The molecule has 0 bridgehead atoms. The Bertz CT molecular complexity index is 1200. The Morgan fingerprint density at radius 3 is 2.34 bits per heavy atom. The van der Waals surface area contributed by atoms with Crippen LogP contribution in [0.25, 0.3) is 10.2 Å². The second-order valence-corrected chi connectivity index (χ2v) is 10.6. The summed E-state index contributed by atoms with van der Waals surface area (Å²) in [5.41, 5.74) is 3.27. The number of likely N-dealkylation sites (N-methyl/N-ethyl adjacent to an activating group) is 1. The molecule has 0 spiro atoms. The van der Waals surface area contributed by atoms with Gasteiger partial charge in [-0.25, -0.2) is 13.4 Å². The van der Waals surface area contributed by atoms with E-state index in [1.807, 2.05) is 19.9 Å². The lowest BCUT2D eigenvalue weighted by Gasteiger charge is -2.25. The van der Waals surface area contributed by atoms with Gasteiger partial charge >= 0.3 is 0 Å². The van der Waals surface area contributed by atoms with Gasteiger partial charge in [-0.2, -0.15) is 0 Å². The van der Waals surface area contributed by atoms with Crippen molar-refractivity contribution in [3.05, 3.63) is 53.1 Å². The normalized spacial score (nSPS) is 11.6. The smallest absolute Gasteiger partial charge is 0.261 e. The summed E-state index contributed by atoms with van der Waals surface area (Å²) < 4.78 is 25.7. The maximum atomic E-state index is 13.6. The number of fused-ring (bicyclic) bond motifs is 1. The summed E-state index contributed by atoms with van der Waals surface area (Å²) in [6.07, 6.45) is 1.13. The number of aromatic nitrogens is 1. The van der Waals surface area contributed by atoms with E-state index in [1.54, 1.807) is 23.1 Å². The van der Waals surface area contributed by atoms with Crippen LogP contribution in [0.3, 0.4) is 0 Å². The molecule has 1 amide bonds. The fraction of sp³-hybridized carbons (Fsp3) is 0.391. The highest BCUT2D eigenvalue weighted by atomic mass is 35.5. The van der Waals surface area contributed by atoms with Gasteiger partial charge in [0, 0.05) is 19.3 Å². The van der Waals surface area contributed by atoms with Crippen LogP contribution >= 0.6 is 23.7 Å². The van der Waals surface area contributed by atoms with Gasteiger partial charge in [0.25, 0.3) is 5.91 Å². The minimum absolute atomic E-state index is 0. The van der Waals surface area contributed by atoms with E-state index in [9.17, 15) is 13.2 Å². The molecule has 3 rings (SSSR count). The Hall–Kier alpha value is -2.00. The molecule has 9 heteroatoms. The van der Waals surface area contributed by atoms with Crippen molar-refractivity contribution < 1.29 is 13.2 Å². The Labute approximate surface area is 200 Å². The van der Waals surface area contributed by atoms with Crippen LogP contribution < -0.4 is 4.90 Å². The van der Waals surface area contributed by atoms with Crippen molar-refractivity contribution >= 4 is 54.8 Å². The Balaban J connectivity index is 0.00000363. The number of thiazole rings is 1. The van der Waals surface area contributed by atoms with Crippen LogP contribution in [0, 0.1) is 13.8 Å². The summed E-state index contributed by atoms with van der Waals surface area (Å²) in [6, 6.07) is 10.5. The maximum Gasteiger partial charge on any atom is 0.261 e. The van der Waals surface area contributed by atoms with E-state index in [-0.39, 0.29) is 28.8 Å². The largest absolute Gasteiger partial charge is 0.302 e. The Kier molecular flexibility index (Phi) is 8.82. The number of carbonyl (C=O) groups is 1. The van der Waals surface area contributed by atoms with Gasteiger partial charge < -0.3 is 4.90 Å². The maximum absolute atomic E-state index is 13.6. The van der Waals surface area contributed by atoms with E-state index in [0.29, 0.717) is 18.2 Å². The van der Waals surface area contributed by atoms with E-state index in [2.05, 4.69) is 24.8 Å². The molecule has 174 valence electrons. The number of aryl methyl sites for hydroxylation is 2. The minimum Gasteiger partial charge on any atom is -0.302 e. The lowest BCUT2D eigenvalue weighted by Crippen LogP contribution is -2.39. The molecule has 6 nitrogen and oxygen atoms in total. The average Bonchev–Trinajstić information content (AvgIpc) is 3.14. The molecule has 0 saturated heterocycles. The van der Waals surface area contributed by atoms with Crippen LogP contribution in [-0.4, -0.2) is 56.6 Å². The highest BCUT2D eigenvalue weighted by Crippen LogP contribution is 2.33. The molecule has 32 heavy (non-hydrogen) atoms. The van der Waals surface area contributed by atoms with Crippen molar-refractivity contribution in [1.29, 1.82) is 0 Å². The number of rotatable bonds is 8. The molecular formula is C23H30ClN3O3S2. The number of carbonyl (C=O) groups excluding carboxylic acids is 1. The minimum atomic E-state index is -3.55. The number of hydrogen-bond acceptors (Lipinski definition) is 6. The van der Waals surface area contributed by atoms with Gasteiger partial charge in [-0.05, 0) is 56.3 Å². The molecule has 0 atom stereocenters. The number of halogens is 1. The molecule has 0 aliphatic carbocycles. The van der Waals surface area contributed by atoms with Crippen LogP contribution in [0.4, 0.5) is 5.13 Å². The lowest BCUT2D eigenvalue weighted by atomic mass is 10.1. The van der Waals surface area contributed by atoms with Crippen molar-refractivity contribution in [1.82, 2.24) is 9.88 Å². The lowest BCUT2D eigenvalue weighted by molar-refractivity contribution is 0.0980. The zero-order valence-electron chi connectivity index (χ0n) is 19.1. The Morgan fingerprint density at radius 1 is 1.06 bits per heavy atom. The van der Waals surface area contributed by atoms with Crippen LogP contribution in [0.15, 0.2) is 41.3 Å². The molecule has 3 aromatic rings. The summed E-state index contributed by atoms with van der Waals surface area (Å²) in [4.78, 5) is 22.3. The van der Waals surface area contributed by atoms with Gasteiger partial charge in [0.2, 0.25) is 0 Å². The van der Waals surface area contributed by atoms with E-state index < -0.39 is 9.84 Å². The average molecular weight is 496 g/mol. The van der Waals surface area contributed by atoms with Gasteiger partial charge in [0.05, 0.1) is 20.7 Å². The number of nitrogens with zero attached hydrogens (tertiary/aromatic N) is 3. The van der Waals surface area contributed by atoms with E-state index in [4.69, 9.17) is 4.98 Å². The van der Waals surface area contributed by atoms with Gasteiger partial charge in [-0.15, -0.1) is 12.4 Å². The number of amides is 1. The molecule has 2 aromatic carbocycles. The van der Waals surface area contributed by atoms with Crippen LogP contribution in [0.1, 0.15) is 35.3 Å². The third-order valence-corrected chi connectivity index (χ3v) is 7.72. The molecule has 0 fully saturated rings. The first-order valence-corrected chi connectivity index (χ1v) is 13.1. The summed E-state index contributed by atoms with van der Waals surface area (Å²) >= 11 is 1.47. The third-order valence-electron chi connectivity index (χ3n) is 5.34. The van der Waals surface area contributed by atoms with Gasteiger partial charge in [-0.1, -0.05) is 43.4 Å². The molecule has 1 heterocycles. The third kappa shape index (κ3) is 5.67. The number of sulfone groups is 1. The van der Waals surface area contributed by atoms with Gasteiger partial charge in [0.15, 0.2) is 15.0 Å². The first kappa shape index (κ1) is 26.3. The predicted molar refractivity (Wildman–Crippen MR) is 135 cm³/mol. The molecular weight excluding hydrogens is 466 g/mol. The number of benzene rings is 2. The zero-order valence-corrected chi connectivity index (χ0v) is 21.5. The topological polar surface area (TPSA) is 70.6 Å². The second-order valence-electron chi connectivity index (χ2n) is 7.68. The van der Waals surface area contributed by atoms with E-state index in [0.717, 1.165) is 40.7 Å². The standard InChI is InChI=1S/C23H29N3O3S2.ClH/c1-6-25(7-2)12-13-26(22(27)18-10-8-9-11-20(18)31(5,28)29)23-24-19-15-16(3)14-17(4)21(19)30-23;/h8-11,14-15H,6-7,12-13H2,1-5H3;1H. The molecule has 0 saturated carbocycles. The van der Waals surface area contributed by atoms with Gasteiger partial charge in [-0.3, -0.25) is 9.69 Å². The molecule has 0 unspecified atom stereocenters. The fourth-order valence-corrected chi connectivity index (χ4v) is 5.58. The van der Waals surface area contributed by atoms with E-state index in [1.165, 1.54) is 17.4 Å². The summed E-state index contributed by atoms with van der Waals surface area (Å²) in [5.74, 6) is -0.346. The Morgan fingerprint density at radius 2 is 1.72 bits per heavy atom. The summed E-state index contributed by atoms with van der Waals surface area (Å²) in [5, 5.41) is 0.587. The monoisotopic (exact) mass is 495 g/mol. The first-order chi connectivity index (χ1) is 14.7. The quantitative estimate of drug-likeness (QED) is 0.452. The predicted octanol–water partition coefficient (Wildman–Crippen LogP) is 4.73. The number of anilines is 1. The molecule has 0 N–H and O–H groups in total. The van der Waals surface area contributed by atoms with Crippen LogP contribution in [-0.2, 0) is 9.84 Å². The fourth-order valence-electron chi connectivity index (χ4n) is 3.66. The second kappa shape index (κ2) is 10.7. The summed E-state index contributed by atoms with van der Waals surface area (Å²) in [7, 11) is -3.55. The highest BCUT2D eigenvalue weighted by Gasteiger charge is 2.26.